The van der Waals surface area contributed by atoms with Crippen LogP contribution in [0.15, 0.2) is 72.8 Å². The Bertz CT molecular complexity index is 1240. The summed E-state index contributed by atoms with van der Waals surface area (Å²) in [6.45, 7) is 2.18. The molecule has 0 spiro atoms. The number of hydrogen-bond donors (Lipinski definition) is 4. The van der Waals surface area contributed by atoms with Gasteiger partial charge in [-0.15, -0.1) is 0 Å². The number of anilines is 3. The number of amides is 3. The quantitative estimate of drug-likeness (QED) is 0.434. The third-order valence-corrected chi connectivity index (χ3v) is 4.95. The molecule has 0 unspecified atom stereocenters. The Morgan fingerprint density at radius 1 is 0.812 bits per heavy atom. The summed E-state index contributed by atoms with van der Waals surface area (Å²) in [5.41, 5.74) is 3.74. The predicted molar refractivity (Wildman–Crippen MR) is 126 cm³/mol. The number of benzene rings is 3. The zero-order valence-corrected chi connectivity index (χ0v) is 18.5. The highest BCUT2D eigenvalue weighted by molar-refractivity contribution is 7.92. The molecule has 0 aliphatic carbocycles. The maximum absolute atomic E-state index is 12.5. The van der Waals surface area contributed by atoms with E-state index in [0.717, 1.165) is 17.4 Å². The van der Waals surface area contributed by atoms with Gasteiger partial charge in [0, 0.05) is 29.2 Å². The number of hydrogen-bond acceptors (Lipinski definition) is 4. The van der Waals surface area contributed by atoms with Gasteiger partial charge >= 0.3 is 6.03 Å². The average Bonchev–Trinajstić information content (AvgIpc) is 2.71. The predicted octanol–water partition coefficient (Wildman–Crippen LogP) is 3.94. The molecule has 0 saturated carbocycles. The highest BCUT2D eigenvalue weighted by Gasteiger charge is 2.09. The highest BCUT2D eigenvalue weighted by atomic mass is 32.2. The molecule has 0 heterocycles. The van der Waals surface area contributed by atoms with Gasteiger partial charge < -0.3 is 16.0 Å². The smallest absolute Gasteiger partial charge is 0.323 e. The minimum absolute atomic E-state index is 0.234. The van der Waals surface area contributed by atoms with E-state index in [-0.39, 0.29) is 18.5 Å². The fourth-order valence-electron chi connectivity index (χ4n) is 3.00. The molecule has 3 aromatic carbocycles. The summed E-state index contributed by atoms with van der Waals surface area (Å²) in [6, 6.07) is 20.4. The molecule has 3 amide bonds. The Hall–Kier alpha value is -3.85. The highest BCUT2D eigenvalue weighted by Crippen LogP contribution is 2.15. The van der Waals surface area contributed by atoms with Crippen molar-refractivity contribution in [2.75, 3.05) is 21.6 Å². The molecule has 0 radical (unpaired) electrons. The number of aryl methyl sites for hydroxylation is 1. The van der Waals surface area contributed by atoms with Crippen LogP contribution in [0.1, 0.15) is 21.5 Å². The van der Waals surface area contributed by atoms with Crippen molar-refractivity contribution in [3.63, 3.8) is 0 Å². The number of urea groups is 1. The lowest BCUT2D eigenvalue weighted by atomic mass is 10.1. The van der Waals surface area contributed by atoms with E-state index in [9.17, 15) is 18.0 Å². The molecule has 3 aromatic rings. The van der Waals surface area contributed by atoms with Gasteiger partial charge in [0.25, 0.3) is 5.91 Å². The molecule has 0 aromatic heterocycles. The summed E-state index contributed by atoms with van der Waals surface area (Å²) >= 11 is 0. The van der Waals surface area contributed by atoms with Gasteiger partial charge in [-0.05, 0) is 60.5 Å². The molecule has 0 saturated heterocycles. The molecular formula is C23H24N4O4S. The van der Waals surface area contributed by atoms with Gasteiger partial charge in [0.15, 0.2) is 0 Å². The van der Waals surface area contributed by atoms with Crippen LogP contribution in [0.3, 0.4) is 0 Å². The maximum atomic E-state index is 12.5. The Balaban J connectivity index is 1.58. The topological polar surface area (TPSA) is 116 Å². The largest absolute Gasteiger partial charge is 0.348 e. The molecule has 0 aliphatic rings. The van der Waals surface area contributed by atoms with Crippen molar-refractivity contribution in [1.82, 2.24) is 5.32 Å². The third-order valence-electron chi connectivity index (χ3n) is 4.34. The minimum Gasteiger partial charge on any atom is -0.348 e. The summed E-state index contributed by atoms with van der Waals surface area (Å²) in [6.07, 6.45) is 1.04. The fourth-order valence-corrected chi connectivity index (χ4v) is 3.55. The summed E-state index contributed by atoms with van der Waals surface area (Å²) in [7, 11) is -3.43. The number of sulfonamides is 1. The SMILES string of the molecule is Cc1cccc(NC(=O)Nc2cccc(CNC(=O)c3cccc(NS(C)(=O)=O)c3)c2)c1. The Morgan fingerprint density at radius 3 is 2.12 bits per heavy atom. The van der Waals surface area contributed by atoms with E-state index in [2.05, 4.69) is 20.7 Å². The average molecular weight is 453 g/mol. The zero-order chi connectivity index (χ0) is 23.1. The minimum atomic E-state index is -3.43. The Morgan fingerprint density at radius 2 is 1.44 bits per heavy atom. The van der Waals surface area contributed by atoms with Crippen molar-refractivity contribution in [1.29, 1.82) is 0 Å². The fraction of sp³-hybridized carbons (Fsp3) is 0.130. The molecule has 9 heteroatoms. The van der Waals surface area contributed by atoms with Crippen molar-refractivity contribution in [2.24, 2.45) is 0 Å². The van der Waals surface area contributed by atoms with Gasteiger partial charge in [-0.1, -0.05) is 30.3 Å². The molecule has 0 aliphatic heterocycles. The molecule has 166 valence electrons. The van der Waals surface area contributed by atoms with Crippen molar-refractivity contribution in [2.45, 2.75) is 13.5 Å². The van der Waals surface area contributed by atoms with Gasteiger partial charge in [-0.3, -0.25) is 9.52 Å². The lowest BCUT2D eigenvalue weighted by molar-refractivity contribution is 0.0951. The number of carbonyl (C=O) groups excluding carboxylic acids is 2. The second-order valence-electron chi connectivity index (χ2n) is 7.29. The van der Waals surface area contributed by atoms with Crippen molar-refractivity contribution >= 4 is 39.0 Å². The van der Waals surface area contributed by atoms with Crippen LogP contribution in [0.4, 0.5) is 21.9 Å². The lowest BCUT2D eigenvalue weighted by Crippen LogP contribution is -2.23. The summed E-state index contributed by atoms with van der Waals surface area (Å²) < 4.78 is 25.1. The van der Waals surface area contributed by atoms with E-state index in [0.29, 0.717) is 22.6 Å². The van der Waals surface area contributed by atoms with Gasteiger partial charge in [0.2, 0.25) is 10.0 Å². The molecule has 0 atom stereocenters. The zero-order valence-electron chi connectivity index (χ0n) is 17.7. The van der Waals surface area contributed by atoms with Gasteiger partial charge in [0.1, 0.15) is 0 Å². The van der Waals surface area contributed by atoms with E-state index in [4.69, 9.17) is 0 Å². The Labute approximate surface area is 187 Å². The normalized spacial score (nSPS) is 10.8. The molecule has 4 N–H and O–H groups in total. The summed E-state index contributed by atoms with van der Waals surface area (Å²) in [5, 5.41) is 8.33. The molecule has 0 fully saturated rings. The van der Waals surface area contributed by atoms with E-state index in [1.165, 1.54) is 6.07 Å². The van der Waals surface area contributed by atoms with Gasteiger partial charge in [-0.2, -0.15) is 0 Å². The van der Waals surface area contributed by atoms with Crippen LogP contribution in [-0.4, -0.2) is 26.6 Å². The third kappa shape index (κ3) is 7.13. The molecule has 3 rings (SSSR count). The first-order valence-corrected chi connectivity index (χ1v) is 11.7. The first-order chi connectivity index (χ1) is 15.2. The van der Waals surface area contributed by atoms with Crippen molar-refractivity contribution < 1.29 is 18.0 Å². The molecule has 0 bridgehead atoms. The van der Waals surface area contributed by atoms with Crippen LogP contribution in [0, 0.1) is 6.92 Å². The van der Waals surface area contributed by atoms with Crippen LogP contribution in [0.5, 0.6) is 0 Å². The van der Waals surface area contributed by atoms with E-state index >= 15 is 0 Å². The second kappa shape index (κ2) is 9.97. The first kappa shape index (κ1) is 22.8. The van der Waals surface area contributed by atoms with Gasteiger partial charge in [-0.25, -0.2) is 13.2 Å². The van der Waals surface area contributed by atoms with Gasteiger partial charge in [0.05, 0.1) is 6.26 Å². The molecule has 8 nitrogen and oxygen atoms in total. The maximum Gasteiger partial charge on any atom is 0.323 e. The van der Waals surface area contributed by atoms with Crippen LogP contribution in [0.25, 0.3) is 0 Å². The second-order valence-corrected chi connectivity index (χ2v) is 9.04. The van der Waals surface area contributed by atoms with Crippen LogP contribution in [-0.2, 0) is 16.6 Å². The summed E-state index contributed by atoms with van der Waals surface area (Å²) in [4.78, 5) is 24.7. The van der Waals surface area contributed by atoms with E-state index in [1.54, 1.807) is 42.5 Å². The molecule has 32 heavy (non-hydrogen) atoms. The summed E-state index contributed by atoms with van der Waals surface area (Å²) in [5.74, 6) is -0.349. The van der Waals surface area contributed by atoms with Crippen LogP contribution >= 0.6 is 0 Å². The number of rotatable bonds is 7. The Kier molecular flexibility index (Phi) is 7.11. The lowest BCUT2D eigenvalue weighted by Gasteiger charge is -2.11. The van der Waals surface area contributed by atoms with Crippen LogP contribution in [0.2, 0.25) is 0 Å². The number of nitrogens with one attached hydrogen (secondary N) is 4. The molecular weight excluding hydrogens is 428 g/mol. The van der Waals surface area contributed by atoms with E-state index < -0.39 is 10.0 Å². The van der Waals surface area contributed by atoms with Crippen molar-refractivity contribution in [3.05, 3.63) is 89.5 Å². The number of carbonyl (C=O) groups is 2. The van der Waals surface area contributed by atoms with Crippen molar-refractivity contribution in [3.8, 4) is 0 Å². The monoisotopic (exact) mass is 452 g/mol. The van der Waals surface area contributed by atoms with Crippen LogP contribution < -0.4 is 20.7 Å². The standard InChI is InChI=1S/C23H24N4O4S/c1-16-6-3-9-19(12-16)25-23(29)26-20-10-4-7-17(13-20)15-24-22(28)18-8-5-11-21(14-18)27-32(2,30)31/h3-14,27H,15H2,1-2H3,(H,24,28)(H2,25,26,29). The van der Waals surface area contributed by atoms with E-state index in [1.807, 2.05) is 31.2 Å². The first-order valence-electron chi connectivity index (χ1n) is 9.78.